The number of nitrogens with zero attached hydrogens (tertiary/aromatic N) is 3. The number of para-hydroxylation sites is 1. The number of fused-ring (bicyclic) bond motifs is 1. The zero-order chi connectivity index (χ0) is 17.3. The number of carbonyl (C=O) groups is 1. The highest BCUT2D eigenvalue weighted by molar-refractivity contribution is 6.04. The van der Waals surface area contributed by atoms with Gasteiger partial charge in [0, 0.05) is 38.6 Å². The predicted molar refractivity (Wildman–Crippen MR) is 93.1 cm³/mol. The average molecular weight is 325 g/mol. The van der Waals surface area contributed by atoms with Crippen molar-refractivity contribution in [2.75, 3.05) is 11.4 Å². The minimum absolute atomic E-state index is 0.168. The van der Waals surface area contributed by atoms with Crippen molar-refractivity contribution in [3.8, 4) is 0 Å². The molecular formula is C18H19N3O3. The lowest BCUT2D eigenvalue weighted by molar-refractivity contribution is -0.114. The van der Waals surface area contributed by atoms with Gasteiger partial charge in [0.2, 0.25) is 0 Å². The number of amides is 1. The highest BCUT2D eigenvalue weighted by atomic mass is 16.2. The Morgan fingerprint density at radius 1 is 1.17 bits per heavy atom. The molecule has 1 aromatic carbocycles. The van der Waals surface area contributed by atoms with Gasteiger partial charge in [0.05, 0.1) is 5.56 Å². The van der Waals surface area contributed by atoms with E-state index in [0.29, 0.717) is 12.1 Å². The molecule has 2 heterocycles. The summed E-state index contributed by atoms with van der Waals surface area (Å²) in [5, 5.41) is 0. The molecule has 6 heteroatoms. The number of carbonyl (C=O) groups excluding carboxylic acids is 1. The van der Waals surface area contributed by atoms with E-state index in [9.17, 15) is 14.4 Å². The molecule has 0 fully saturated rings. The summed E-state index contributed by atoms with van der Waals surface area (Å²) in [4.78, 5) is 38.1. The second-order valence-electron chi connectivity index (χ2n) is 5.90. The molecule has 1 amide bonds. The molecule has 24 heavy (non-hydrogen) atoms. The number of hydrogen-bond donors (Lipinski definition) is 0. The Bertz CT molecular complexity index is 937. The van der Waals surface area contributed by atoms with Crippen LogP contribution in [0.15, 0.2) is 46.1 Å². The van der Waals surface area contributed by atoms with E-state index >= 15 is 0 Å². The molecule has 0 unspecified atom stereocenters. The Morgan fingerprint density at radius 3 is 2.71 bits per heavy atom. The van der Waals surface area contributed by atoms with Gasteiger partial charge in [-0.1, -0.05) is 18.2 Å². The molecule has 124 valence electrons. The van der Waals surface area contributed by atoms with Gasteiger partial charge in [0.15, 0.2) is 0 Å². The first-order valence-electron chi connectivity index (χ1n) is 7.83. The van der Waals surface area contributed by atoms with Gasteiger partial charge in [-0.2, -0.15) is 0 Å². The molecular weight excluding hydrogens is 306 g/mol. The van der Waals surface area contributed by atoms with E-state index < -0.39 is 11.2 Å². The SMILES string of the molecule is Cn1cc(/C=C/C(=O)N2CCCc3ccccc32)c(=O)n(C)c1=O. The Hall–Kier alpha value is -2.89. The molecule has 0 atom stereocenters. The fraction of sp³-hybridized carbons (Fsp3) is 0.278. The molecule has 0 spiro atoms. The number of rotatable bonds is 2. The van der Waals surface area contributed by atoms with Crippen LogP contribution in [0.25, 0.3) is 6.08 Å². The van der Waals surface area contributed by atoms with Crippen molar-refractivity contribution in [3.05, 3.63) is 68.5 Å². The van der Waals surface area contributed by atoms with Gasteiger partial charge in [0.25, 0.3) is 11.5 Å². The summed E-state index contributed by atoms with van der Waals surface area (Å²) in [5.74, 6) is -0.168. The van der Waals surface area contributed by atoms with Crippen LogP contribution in [-0.4, -0.2) is 21.6 Å². The number of benzene rings is 1. The smallest absolute Gasteiger partial charge is 0.309 e. The quantitative estimate of drug-likeness (QED) is 0.776. The third-order valence-electron chi connectivity index (χ3n) is 4.25. The summed E-state index contributed by atoms with van der Waals surface area (Å²) in [6.07, 6.45) is 6.19. The Balaban J connectivity index is 1.90. The first-order chi connectivity index (χ1) is 11.5. The van der Waals surface area contributed by atoms with Crippen molar-refractivity contribution < 1.29 is 4.79 Å². The Morgan fingerprint density at radius 2 is 1.92 bits per heavy atom. The molecule has 0 N–H and O–H groups in total. The van der Waals surface area contributed by atoms with Crippen LogP contribution in [0.3, 0.4) is 0 Å². The van der Waals surface area contributed by atoms with Crippen molar-refractivity contribution in [1.82, 2.24) is 9.13 Å². The first-order valence-corrected chi connectivity index (χ1v) is 7.83. The summed E-state index contributed by atoms with van der Waals surface area (Å²) in [6, 6.07) is 7.85. The lowest BCUT2D eigenvalue weighted by Gasteiger charge is -2.28. The van der Waals surface area contributed by atoms with Crippen LogP contribution in [-0.2, 0) is 25.3 Å². The standard InChI is InChI=1S/C18H19N3O3/c1-19-12-14(17(23)20(2)18(19)24)9-10-16(22)21-11-5-7-13-6-3-4-8-15(13)21/h3-4,6,8-10,12H,5,7,11H2,1-2H3/b10-9+. The Kier molecular flexibility index (Phi) is 4.20. The van der Waals surface area contributed by atoms with Gasteiger partial charge in [-0.15, -0.1) is 0 Å². The molecule has 3 rings (SSSR count). The Labute approximate surface area is 139 Å². The maximum Gasteiger partial charge on any atom is 0.330 e. The van der Waals surface area contributed by atoms with E-state index in [-0.39, 0.29) is 5.91 Å². The molecule has 1 aromatic heterocycles. The summed E-state index contributed by atoms with van der Waals surface area (Å²) in [6.45, 7) is 0.658. The van der Waals surface area contributed by atoms with Crippen LogP contribution >= 0.6 is 0 Å². The van der Waals surface area contributed by atoms with Crippen molar-refractivity contribution in [3.63, 3.8) is 0 Å². The number of aryl methyl sites for hydroxylation is 2. The zero-order valence-corrected chi connectivity index (χ0v) is 13.7. The van der Waals surface area contributed by atoms with E-state index in [4.69, 9.17) is 0 Å². The van der Waals surface area contributed by atoms with Crippen molar-refractivity contribution in [2.24, 2.45) is 14.1 Å². The summed E-state index contributed by atoms with van der Waals surface area (Å²) in [7, 11) is 2.99. The molecule has 0 aliphatic carbocycles. The van der Waals surface area contributed by atoms with Gasteiger partial charge in [-0.3, -0.25) is 14.2 Å². The van der Waals surface area contributed by atoms with E-state index in [0.717, 1.165) is 28.7 Å². The monoisotopic (exact) mass is 325 g/mol. The highest BCUT2D eigenvalue weighted by Gasteiger charge is 2.20. The van der Waals surface area contributed by atoms with Crippen LogP contribution < -0.4 is 16.1 Å². The molecule has 0 bridgehead atoms. The maximum atomic E-state index is 12.5. The van der Waals surface area contributed by atoms with Gasteiger partial charge in [0.1, 0.15) is 0 Å². The van der Waals surface area contributed by atoms with Crippen LogP contribution in [0.4, 0.5) is 5.69 Å². The molecule has 0 saturated carbocycles. The lowest BCUT2D eigenvalue weighted by Crippen LogP contribution is -2.37. The number of aromatic nitrogens is 2. The van der Waals surface area contributed by atoms with Crippen molar-refractivity contribution >= 4 is 17.7 Å². The minimum atomic E-state index is -0.416. The fourth-order valence-corrected chi connectivity index (χ4v) is 2.96. The zero-order valence-electron chi connectivity index (χ0n) is 13.7. The molecule has 2 aromatic rings. The molecule has 1 aliphatic rings. The van der Waals surface area contributed by atoms with Crippen molar-refractivity contribution in [1.29, 1.82) is 0 Å². The number of anilines is 1. The minimum Gasteiger partial charge on any atom is -0.309 e. The van der Waals surface area contributed by atoms with E-state index in [1.807, 2.05) is 24.3 Å². The third-order valence-corrected chi connectivity index (χ3v) is 4.25. The highest BCUT2D eigenvalue weighted by Crippen LogP contribution is 2.26. The summed E-state index contributed by atoms with van der Waals surface area (Å²) in [5.41, 5.74) is 1.57. The fourth-order valence-electron chi connectivity index (χ4n) is 2.96. The molecule has 0 saturated heterocycles. The summed E-state index contributed by atoms with van der Waals surface area (Å²) < 4.78 is 2.35. The van der Waals surface area contributed by atoms with Crippen LogP contribution in [0.1, 0.15) is 17.5 Å². The largest absolute Gasteiger partial charge is 0.330 e. The number of hydrogen-bond acceptors (Lipinski definition) is 3. The van der Waals surface area contributed by atoms with E-state index in [1.54, 1.807) is 11.9 Å². The molecule has 0 radical (unpaired) electrons. The van der Waals surface area contributed by atoms with Gasteiger partial charge in [-0.05, 0) is 30.5 Å². The second-order valence-corrected chi connectivity index (χ2v) is 5.90. The van der Waals surface area contributed by atoms with E-state index in [2.05, 4.69) is 0 Å². The summed E-state index contributed by atoms with van der Waals surface area (Å²) >= 11 is 0. The van der Waals surface area contributed by atoms with Gasteiger partial charge >= 0.3 is 5.69 Å². The van der Waals surface area contributed by atoms with Crippen LogP contribution in [0.5, 0.6) is 0 Å². The van der Waals surface area contributed by atoms with Crippen LogP contribution in [0, 0.1) is 0 Å². The lowest BCUT2D eigenvalue weighted by atomic mass is 10.0. The van der Waals surface area contributed by atoms with E-state index in [1.165, 1.54) is 30.0 Å². The van der Waals surface area contributed by atoms with Crippen molar-refractivity contribution in [2.45, 2.75) is 12.8 Å². The molecule has 6 nitrogen and oxygen atoms in total. The normalized spacial score (nSPS) is 14.0. The third kappa shape index (κ3) is 2.82. The topological polar surface area (TPSA) is 64.3 Å². The van der Waals surface area contributed by atoms with Crippen LogP contribution in [0.2, 0.25) is 0 Å². The molecule has 1 aliphatic heterocycles. The average Bonchev–Trinajstić information content (AvgIpc) is 2.61. The van der Waals surface area contributed by atoms with Gasteiger partial charge < -0.3 is 9.47 Å². The maximum absolute atomic E-state index is 12.5. The second kappa shape index (κ2) is 6.31. The van der Waals surface area contributed by atoms with Gasteiger partial charge in [-0.25, -0.2) is 4.79 Å². The first kappa shape index (κ1) is 16.0. The predicted octanol–water partition coefficient (Wildman–Crippen LogP) is 1.08.